The second kappa shape index (κ2) is 6.76. The van der Waals surface area contributed by atoms with Crippen LogP contribution in [0.2, 0.25) is 0 Å². The number of rotatable bonds is 5. The summed E-state index contributed by atoms with van der Waals surface area (Å²) < 4.78 is 46.1. The molecular weight excluding hydrogens is 349 g/mol. The van der Waals surface area contributed by atoms with Crippen molar-refractivity contribution in [2.45, 2.75) is 37.6 Å². The van der Waals surface area contributed by atoms with Crippen LogP contribution in [0.4, 0.5) is 13.2 Å². The summed E-state index contributed by atoms with van der Waals surface area (Å²) in [6.07, 6.45) is -2.40. The van der Waals surface area contributed by atoms with Crippen LogP contribution in [-0.2, 0) is 19.8 Å². The van der Waals surface area contributed by atoms with Gasteiger partial charge in [0.15, 0.2) is 0 Å². The summed E-state index contributed by atoms with van der Waals surface area (Å²) in [7, 11) is 1.95. The van der Waals surface area contributed by atoms with Gasteiger partial charge in [-0.2, -0.15) is 13.2 Å². The summed E-state index contributed by atoms with van der Waals surface area (Å²) >= 11 is 1.47. The van der Waals surface area contributed by atoms with Gasteiger partial charge >= 0.3 is 6.18 Å². The van der Waals surface area contributed by atoms with Gasteiger partial charge in [0, 0.05) is 19.8 Å². The number of fused-ring (bicyclic) bond motifs is 1. The first-order chi connectivity index (χ1) is 11.8. The van der Waals surface area contributed by atoms with Crippen molar-refractivity contribution >= 4 is 23.0 Å². The molecule has 0 saturated carbocycles. The predicted molar refractivity (Wildman–Crippen MR) is 93.2 cm³/mol. The Morgan fingerprint density at radius 1 is 1.28 bits per heavy atom. The molecule has 3 aromatic rings. The molecule has 25 heavy (non-hydrogen) atoms. The minimum absolute atomic E-state index is 0.124. The molecule has 0 aliphatic carbocycles. The number of benzene rings is 1. The quantitative estimate of drug-likeness (QED) is 0.659. The average molecular weight is 368 g/mol. The van der Waals surface area contributed by atoms with Gasteiger partial charge in [-0.3, -0.25) is 0 Å². The Labute approximate surface area is 148 Å². The topological polar surface area (TPSA) is 34.8 Å². The zero-order chi connectivity index (χ0) is 18.2. The third-order valence-corrected chi connectivity index (χ3v) is 5.15. The van der Waals surface area contributed by atoms with E-state index < -0.39 is 11.7 Å². The van der Waals surface area contributed by atoms with E-state index in [1.807, 2.05) is 48.4 Å². The molecule has 3 rings (SSSR count). The van der Waals surface area contributed by atoms with Crippen LogP contribution in [0.25, 0.3) is 11.0 Å². The van der Waals surface area contributed by atoms with Gasteiger partial charge in [-0.1, -0.05) is 0 Å². The lowest BCUT2D eigenvalue weighted by Crippen LogP contribution is -2.16. The summed E-state index contributed by atoms with van der Waals surface area (Å²) in [6.45, 7) is 4.41. The van der Waals surface area contributed by atoms with E-state index in [0.717, 1.165) is 16.9 Å². The number of imidazole rings is 1. The van der Waals surface area contributed by atoms with E-state index in [1.54, 1.807) is 0 Å². The highest BCUT2D eigenvalue weighted by atomic mass is 32.2. The molecule has 0 spiro atoms. The molecule has 4 nitrogen and oxygen atoms in total. The molecule has 0 saturated heterocycles. The van der Waals surface area contributed by atoms with E-state index in [9.17, 15) is 13.2 Å². The Balaban J connectivity index is 1.91. The minimum Gasteiger partial charge on any atom is -0.345 e. The SMILES string of the molecule is CCn1c([C@@H](C)NSc2cccn2C)nc2ccc(C(F)(F)F)cc21. The number of alkyl halides is 3. The lowest BCUT2D eigenvalue weighted by Gasteiger charge is -2.15. The van der Waals surface area contributed by atoms with E-state index in [1.165, 1.54) is 24.1 Å². The summed E-state index contributed by atoms with van der Waals surface area (Å²) in [6, 6.07) is 7.51. The zero-order valence-electron chi connectivity index (χ0n) is 14.1. The molecule has 2 aromatic heterocycles. The van der Waals surface area contributed by atoms with Crippen LogP contribution in [0.15, 0.2) is 41.6 Å². The van der Waals surface area contributed by atoms with Crippen molar-refractivity contribution in [3.05, 3.63) is 47.9 Å². The standard InChI is InChI=1S/C17H19F3N4S/c1-4-24-14-10-12(17(18,19)20)7-8-13(14)21-16(24)11(2)22-25-15-6-5-9-23(15)3/h5-11,22H,4H2,1-3H3/t11-/m1/s1. The first-order valence-corrected chi connectivity index (χ1v) is 8.74. The van der Waals surface area contributed by atoms with Gasteiger partial charge in [0.25, 0.3) is 0 Å². The number of halogens is 3. The molecule has 0 aliphatic heterocycles. The highest BCUT2D eigenvalue weighted by Gasteiger charge is 2.31. The van der Waals surface area contributed by atoms with Gasteiger partial charge in [0.05, 0.1) is 27.7 Å². The molecule has 134 valence electrons. The average Bonchev–Trinajstić information content (AvgIpc) is 3.14. The maximum absolute atomic E-state index is 13.0. The van der Waals surface area contributed by atoms with Gasteiger partial charge in [0.2, 0.25) is 0 Å². The number of nitrogens with zero attached hydrogens (tertiary/aromatic N) is 3. The highest BCUT2D eigenvalue weighted by molar-refractivity contribution is 7.97. The summed E-state index contributed by atoms with van der Waals surface area (Å²) in [5, 5.41) is 1.05. The van der Waals surface area contributed by atoms with E-state index in [0.29, 0.717) is 17.6 Å². The highest BCUT2D eigenvalue weighted by Crippen LogP contribution is 2.32. The molecule has 1 atom stereocenters. The Hall–Kier alpha value is -1.93. The van der Waals surface area contributed by atoms with Crippen LogP contribution in [0.1, 0.15) is 31.3 Å². The third kappa shape index (κ3) is 3.55. The maximum atomic E-state index is 13.0. The van der Waals surface area contributed by atoms with Crippen LogP contribution in [0.3, 0.4) is 0 Å². The van der Waals surface area contributed by atoms with Crippen molar-refractivity contribution in [3.63, 3.8) is 0 Å². The van der Waals surface area contributed by atoms with Gasteiger partial charge < -0.3 is 9.13 Å². The Kier molecular flexibility index (Phi) is 4.83. The van der Waals surface area contributed by atoms with Gasteiger partial charge in [0.1, 0.15) is 5.82 Å². The lowest BCUT2D eigenvalue weighted by atomic mass is 10.2. The summed E-state index contributed by atoms with van der Waals surface area (Å²) in [5.74, 6) is 0.721. The Bertz CT molecular complexity index is 882. The fourth-order valence-corrected chi connectivity index (χ4v) is 3.49. The van der Waals surface area contributed by atoms with Crippen LogP contribution < -0.4 is 4.72 Å². The molecule has 2 heterocycles. The van der Waals surface area contributed by atoms with Gasteiger partial charge in [-0.15, -0.1) is 0 Å². The molecule has 0 fully saturated rings. The van der Waals surface area contributed by atoms with Crippen molar-refractivity contribution in [3.8, 4) is 0 Å². The maximum Gasteiger partial charge on any atom is 0.416 e. The molecule has 0 aliphatic rings. The van der Waals surface area contributed by atoms with Crippen molar-refractivity contribution in [2.75, 3.05) is 0 Å². The Morgan fingerprint density at radius 2 is 2.04 bits per heavy atom. The summed E-state index contributed by atoms with van der Waals surface area (Å²) in [4.78, 5) is 4.54. The van der Waals surface area contributed by atoms with E-state index in [4.69, 9.17) is 0 Å². The molecule has 1 aromatic carbocycles. The fourth-order valence-electron chi connectivity index (χ4n) is 2.73. The molecule has 1 N–H and O–H groups in total. The number of nitrogens with one attached hydrogen (secondary N) is 1. The van der Waals surface area contributed by atoms with Crippen LogP contribution >= 0.6 is 11.9 Å². The predicted octanol–water partition coefficient (Wildman–Crippen LogP) is 4.77. The molecule has 0 radical (unpaired) electrons. The monoisotopic (exact) mass is 368 g/mol. The number of hydrogen-bond donors (Lipinski definition) is 1. The lowest BCUT2D eigenvalue weighted by molar-refractivity contribution is -0.137. The van der Waals surface area contributed by atoms with Crippen molar-refractivity contribution in [1.82, 2.24) is 18.8 Å². The smallest absolute Gasteiger partial charge is 0.345 e. The first-order valence-electron chi connectivity index (χ1n) is 7.92. The van der Waals surface area contributed by atoms with Crippen LogP contribution in [-0.4, -0.2) is 14.1 Å². The van der Waals surface area contributed by atoms with E-state index >= 15 is 0 Å². The number of aromatic nitrogens is 3. The molecule has 0 amide bonds. The van der Waals surface area contributed by atoms with Gasteiger partial charge in [-0.05, 0) is 56.1 Å². The van der Waals surface area contributed by atoms with Crippen LogP contribution in [0, 0.1) is 0 Å². The second-order valence-electron chi connectivity index (χ2n) is 5.81. The van der Waals surface area contributed by atoms with Gasteiger partial charge in [-0.25, -0.2) is 9.71 Å². The van der Waals surface area contributed by atoms with Crippen molar-refractivity contribution in [1.29, 1.82) is 0 Å². The van der Waals surface area contributed by atoms with Crippen molar-refractivity contribution in [2.24, 2.45) is 7.05 Å². The Morgan fingerprint density at radius 3 is 2.64 bits per heavy atom. The fraction of sp³-hybridized carbons (Fsp3) is 0.353. The molecule has 0 bridgehead atoms. The van der Waals surface area contributed by atoms with E-state index in [2.05, 4.69) is 9.71 Å². The molecular formula is C17H19F3N4S. The minimum atomic E-state index is -4.36. The molecule has 8 heteroatoms. The third-order valence-electron chi connectivity index (χ3n) is 4.04. The summed E-state index contributed by atoms with van der Waals surface area (Å²) in [5.41, 5.74) is 0.423. The molecule has 0 unspecified atom stereocenters. The largest absolute Gasteiger partial charge is 0.416 e. The van der Waals surface area contributed by atoms with E-state index in [-0.39, 0.29) is 6.04 Å². The number of hydrogen-bond acceptors (Lipinski definition) is 3. The van der Waals surface area contributed by atoms with Crippen molar-refractivity contribution < 1.29 is 13.2 Å². The second-order valence-corrected chi connectivity index (χ2v) is 6.67. The normalized spacial score (nSPS) is 13.5. The number of aryl methyl sites for hydroxylation is 2. The first kappa shape index (κ1) is 17.9. The zero-order valence-corrected chi connectivity index (χ0v) is 14.9. The van der Waals surface area contributed by atoms with Crippen LogP contribution in [0.5, 0.6) is 0 Å².